The largest absolute Gasteiger partial charge is 0.325 e. The maximum Gasteiger partial charge on any atom is 0.325 e. The summed E-state index contributed by atoms with van der Waals surface area (Å²) in [5.41, 5.74) is 0.843. The minimum Gasteiger partial charge on any atom is -0.319 e. The van der Waals surface area contributed by atoms with E-state index in [0.29, 0.717) is 22.7 Å². The van der Waals surface area contributed by atoms with E-state index >= 15 is 0 Å². The standard InChI is InChI=1S/C25H27ClN4O3/c1-3-4-13-25(19-9-6-5-7-10-19)23(32)30(24(33)28-25)17-22(31)29(15-8-14-27)20-11-12-21(26)18(2)16-20/h5-7,9-12,16H,3-4,8,13,15,17H2,1-2H3,(H,28,33). The number of halogens is 1. The number of nitrogens with zero attached hydrogens (tertiary/aromatic N) is 3. The number of aryl methyl sites for hydroxylation is 1. The highest BCUT2D eigenvalue weighted by molar-refractivity contribution is 6.31. The number of hydrogen-bond acceptors (Lipinski definition) is 4. The summed E-state index contributed by atoms with van der Waals surface area (Å²) in [4.78, 5) is 42.1. The highest BCUT2D eigenvalue weighted by Gasteiger charge is 2.52. The first kappa shape index (κ1) is 24.3. The van der Waals surface area contributed by atoms with Crippen molar-refractivity contribution < 1.29 is 14.4 Å². The Morgan fingerprint density at radius 1 is 1.21 bits per heavy atom. The van der Waals surface area contributed by atoms with Gasteiger partial charge in [-0.15, -0.1) is 0 Å². The number of nitriles is 1. The smallest absolute Gasteiger partial charge is 0.319 e. The van der Waals surface area contributed by atoms with E-state index in [-0.39, 0.29) is 13.0 Å². The van der Waals surface area contributed by atoms with Gasteiger partial charge in [0.25, 0.3) is 5.91 Å². The van der Waals surface area contributed by atoms with Crippen LogP contribution in [0.25, 0.3) is 0 Å². The first-order valence-electron chi connectivity index (χ1n) is 11.0. The summed E-state index contributed by atoms with van der Waals surface area (Å²) in [5, 5.41) is 12.5. The summed E-state index contributed by atoms with van der Waals surface area (Å²) >= 11 is 6.11. The molecule has 172 valence electrons. The molecule has 1 fully saturated rings. The predicted molar refractivity (Wildman–Crippen MR) is 127 cm³/mol. The number of carbonyl (C=O) groups excluding carboxylic acids is 3. The summed E-state index contributed by atoms with van der Waals surface area (Å²) in [7, 11) is 0. The third kappa shape index (κ3) is 5.01. The zero-order valence-corrected chi connectivity index (χ0v) is 19.6. The molecule has 4 amide bonds. The molecule has 3 rings (SSSR count). The SMILES string of the molecule is CCCCC1(c2ccccc2)NC(=O)N(CC(=O)N(CCC#N)c2ccc(Cl)c(C)c2)C1=O. The van der Waals surface area contributed by atoms with Crippen LogP contribution in [0, 0.1) is 18.3 Å². The number of urea groups is 1. The van der Waals surface area contributed by atoms with E-state index < -0.39 is 29.9 Å². The van der Waals surface area contributed by atoms with E-state index in [1.807, 2.05) is 50.2 Å². The number of benzene rings is 2. The van der Waals surface area contributed by atoms with E-state index in [0.717, 1.165) is 23.3 Å². The fraction of sp³-hybridized carbons (Fsp3) is 0.360. The van der Waals surface area contributed by atoms with Crippen LogP contribution in [0.1, 0.15) is 43.7 Å². The van der Waals surface area contributed by atoms with Crippen molar-refractivity contribution in [3.63, 3.8) is 0 Å². The molecule has 8 heteroatoms. The van der Waals surface area contributed by atoms with Gasteiger partial charge in [-0.25, -0.2) is 4.79 Å². The molecular weight excluding hydrogens is 440 g/mol. The van der Waals surface area contributed by atoms with Gasteiger partial charge in [-0.2, -0.15) is 5.26 Å². The minimum absolute atomic E-state index is 0.109. The lowest BCUT2D eigenvalue weighted by Gasteiger charge is -2.28. The number of hydrogen-bond donors (Lipinski definition) is 1. The minimum atomic E-state index is -1.19. The predicted octanol–water partition coefficient (Wildman–Crippen LogP) is 4.53. The summed E-state index contributed by atoms with van der Waals surface area (Å²) in [6, 6.07) is 15.7. The van der Waals surface area contributed by atoms with Gasteiger partial charge in [-0.1, -0.05) is 61.7 Å². The Bertz CT molecular complexity index is 1080. The number of anilines is 1. The van der Waals surface area contributed by atoms with E-state index in [1.54, 1.807) is 18.2 Å². The van der Waals surface area contributed by atoms with Crippen molar-refractivity contribution in [1.29, 1.82) is 5.26 Å². The van der Waals surface area contributed by atoms with Crippen molar-refractivity contribution in [2.24, 2.45) is 0 Å². The second-order valence-electron chi connectivity index (χ2n) is 8.08. The summed E-state index contributed by atoms with van der Waals surface area (Å²) in [5.74, 6) is -0.886. The molecule has 0 radical (unpaired) electrons. The number of nitrogens with one attached hydrogen (secondary N) is 1. The van der Waals surface area contributed by atoms with Gasteiger partial charge in [0.15, 0.2) is 0 Å². The molecule has 2 aromatic carbocycles. The van der Waals surface area contributed by atoms with Gasteiger partial charge < -0.3 is 10.2 Å². The zero-order chi connectivity index (χ0) is 24.0. The van der Waals surface area contributed by atoms with Gasteiger partial charge in [-0.3, -0.25) is 14.5 Å². The quantitative estimate of drug-likeness (QED) is 0.549. The first-order valence-corrected chi connectivity index (χ1v) is 11.3. The van der Waals surface area contributed by atoms with Crippen molar-refractivity contribution in [3.8, 4) is 6.07 Å². The van der Waals surface area contributed by atoms with Crippen LogP contribution in [0.4, 0.5) is 10.5 Å². The Hall–Kier alpha value is -3.37. The Morgan fingerprint density at radius 2 is 1.94 bits per heavy atom. The Balaban J connectivity index is 1.89. The Labute approximate surface area is 198 Å². The van der Waals surface area contributed by atoms with Crippen molar-refractivity contribution in [2.45, 2.75) is 45.1 Å². The molecule has 1 unspecified atom stereocenters. The van der Waals surface area contributed by atoms with Gasteiger partial charge in [-0.05, 0) is 42.7 Å². The second kappa shape index (κ2) is 10.5. The molecule has 0 bridgehead atoms. The number of carbonyl (C=O) groups is 3. The molecule has 0 saturated carbocycles. The van der Waals surface area contributed by atoms with Crippen LogP contribution in [0.5, 0.6) is 0 Å². The molecule has 33 heavy (non-hydrogen) atoms. The molecule has 1 aliphatic heterocycles. The van der Waals surface area contributed by atoms with Crippen LogP contribution in [0.3, 0.4) is 0 Å². The van der Waals surface area contributed by atoms with Crippen LogP contribution in [0.2, 0.25) is 5.02 Å². The molecule has 0 spiro atoms. The lowest BCUT2D eigenvalue weighted by molar-refractivity contribution is -0.134. The fourth-order valence-corrected chi connectivity index (χ4v) is 4.14. The average Bonchev–Trinajstić information content (AvgIpc) is 3.05. The van der Waals surface area contributed by atoms with Gasteiger partial charge in [0.2, 0.25) is 5.91 Å². The normalized spacial score (nSPS) is 17.6. The number of imide groups is 1. The van der Waals surface area contributed by atoms with E-state index in [4.69, 9.17) is 16.9 Å². The topological polar surface area (TPSA) is 93.5 Å². The summed E-state index contributed by atoms with van der Waals surface area (Å²) < 4.78 is 0. The third-order valence-electron chi connectivity index (χ3n) is 5.84. The van der Waals surface area contributed by atoms with Gasteiger partial charge in [0.05, 0.1) is 12.5 Å². The van der Waals surface area contributed by atoms with Crippen LogP contribution >= 0.6 is 11.6 Å². The van der Waals surface area contributed by atoms with Crippen LogP contribution in [0.15, 0.2) is 48.5 Å². The fourth-order valence-electron chi connectivity index (χ4n) is 4.02. The lowest BCUT2D eigenvalue weighted by atomic mass is 9.85. The van der Waals surface area contributed by atoms with Crippen LogP contribution in [-0.2, 0) is 15.1 Å². The van der Waals surface area contributed by atoms with Crippen LogP contribution < -0.4 is 10.2 Å². The molecule has 2 aromatic rings. The zero-order valence-electron chi connectivity index (χ0n) is 18.8. The molecule has 7 nitrogen and oxygen atoms in total. The Morgan fingerprint density at radius 3 is 2.58 bits per heavy atom. The molecule has 1 aliphatic rings. The average molecular weight is 467 g/mol. The molecule has 0 aliphatic carbocycles. The third-order valence-corrected chi connectivity index (χ3v) is 6.27. The monoisotopic (exact) mass is 466 g/mol. The summed E-state index contributed by atoms with van der Waals surface area (Å²) in [6.07, 6.45) is 2.14. The molecule has 0 aromatic heterocycles. The van der Waals surface area contributed by atoms with E-state index in [1.165, 1.54) is 4.90 Å². The van der Waals surface area contributed by atoms with E-state index in [9.17, 15) is 14.4 Å². The van der Waals surface area contributed by atoms with Gasteiger partial charge >= 0.3 is 6.03 Å². The van der Waals surface area contributed by atoms with Crippen molar-refractivity contribution in [3.05, 3.63) is 64.7 Å². The van der Waals surface area contributed by atoms with Gasteiger partial charge in [0, 0.05) is 17.3 Å². The van der Waals surface area contributed by atoms with E-state index in [2.05, 4.69) is 5.32 Å². The number of unbranched alkanes of at least 4 members (excludes halogenated alkanes) is 1. The first-order chi connectivity index (χ1) is 15.8. The molecule has 1 atom stereocenters. The maximum atomic E-state index is 13.6. The van der Waals surface area contributed by atoms with Crippen molar-refractivity contribution in [1.82, 2.24) is 10.2 Å². The molecule has 1 saturated heterocycles. The molecular formula is C25H27ClN4O3. The lowest BCUT2D eigenvalue weighted by Crippen LogP contribution is -2.46. The molecule has 1 N–H and O–H groups in total. The van der Waals surface area contributed by atoms with Crippen LogP contribution in [-0.4, -0.2) is 35.8 Å². The highest BCUT2D eigenvalue weighted by Crippen LogP contribution is 2.34. The molecule has 1 heterocycles. The number of rotatable bonds is 9. The highest BCUT2D eigenvalue weighted by atomic mass is 35.5. The number of amides is 4. The van der Waals surface area contributed by atoms with Crippen molar-refractivity contribution in [2.75, 3.05) is 18.0 Å². The van der Waals surface area contributed by atoms with Crippen molar-refractivity contribution >= 4 is 35.1 Å². The maximum absolute atomic E-state index is 13.6. The summed E-state index contributed by atoms with van der Waals surface area (Å²) in [6.45, 7) is 3.55. The Kier molecular flexibility index (Phi) is 7.72. The second-order valence-corrected chi connectivity index (χ2v) is 8.49. The van der Waals surface area contributed by atoms with Gasteiger partial charge in [0.1, 0.15) is 12.1 Å².